The molecule has 1 aliphatic rings. The maximum absolute atomic E-state index is 11.9. The van der Waals surface area contributed by atoms with Gasteiger partial charge in [-0.15, -0.1) is 0 Å². The fraction of sp³-hybridized carbons (Fsp3) is 0.955. The molecule has 1 amide bonds. The summed E-state index contributed by atoms with van der Waals surface area (Å²) >= 11 is 0. The van der Waals surface area contributed by atoms with E-state index in [1.807, 2.05) is 0 Å². The lowest BCUT2D eigenvalue weighted by Gasteiger charge is -2.47. The van der Waals surface area contributed by atoms with Gasteiger partial charge in [-0.1, -0.05) is 71.6 Å². The summed E-state index contributed by atoms with van der Waals surface area (Å²) in [6.45, 7) is 12.8. The van der Waals surface area contributed by atoms with Crippen molar-refractivity contribution in [3.8, 4) is 0 Å². The highest BCUT2D eigenvalue weighted by Crippen LogP contribution is 2.24. The molecule has 0 aromatic rings. The van der Waals surface area contributed by atoms with E-state index in [9.17, 15) is 4.79 Å². The van der Waals surface area contributed by atoms with Crippen LogP contribution in [0.4, 0.5) is 0 Å². The molecule has 3 heteroatoms. The van der Waals surface area contributed by atoms with E-state index in [2.05, 4.69) is 37.5 Å². The fourth-order valence-electron chi connectivity index (χ4n) is 4.58. The van der Waals surface area contributed by atoms with E-state index in [-0.39, 0.29) is 5.91 Å². The van der Waals surface area contributed by atoms with Crippen LogP contribution in [0.2, 0.25) is 0 Å². The molecule has 1 heterocycles. The van der Waals surface area contributed by atoms with E-state index in [4.69, 9.17) is 0 Å². The Morgan fingerprint density at radius 3 is 1.72 bits per heavy atom. The Labute approximate surface area is 157 Å². The summed E-state index contributed by atoms with van der Waals surface area (Å²) in [5.74, 6) is 0.235. The molecule has 1 fully saturated rings. The van der Waals surface area contributed by atoms with Gasteiger partial charge >= 0.3 is 0 Å². The van der Waals surface area contributed by atoms with Crippen molar-refractivity contribution in [1.29, 1.82) is 0 Å². The molecule has 0 saturated carbocycles. The first-order chi connectivity index (χ1) is 12.0. The summed E-state index contributed by atoms with van der Waals surface area (Å²) in [7, 11) is 0. The monoisotopic (exact) mass is 352 g/mol. The van der Waals surface area contributed by atoms with Gasteiger partial charge in [-0.2, -0.15) is 0 Å². The van der Waals surface area contributed by atoms with Crippen LogP contribution in [0.1, 0.15) is 105 Å². The number of amides is 1. The first-order valence-electron chi connectivity index (χ1n) is 11.0. The van der Waals surface area contributed by atoms with Crippen molar-refractivity contribution in [3.63, 3.8) is 0 Å². The molecule has 0 radical (unpaired) electrons. The minimum absolute atomic E-state index is 0.235. The first kappa shape index (κ1) is 22.5. The molecular formula is C22H44N2O. The summed E-state index contributed by atoms with van der Waals surface area (Å²) in [5.41, 5.74) is 0. The average molecular weight is 353 g/mol. The van der Waals surface area contributed by atoms with Crippen molar-refractivity contribution in [2.24, 2.45) is 0 Å². The Morgan fingerprint density at radius 1 is 0.840 bits per heavy atom. The van der Waals surface area contributed by atoms with Gasteiger partial charge in [0, 0.05) is 38.1 Å². The van der Waals surface area contributed by atoms with Crippen molar-refractivity contribution in [3.05, 3.63) is 0 Å². The number of piperazine rings is 1. The zero-order valence-corrected chi connectivity index (χ0v) is 17.7. The summed E-state index contributed by atoms with van der Waals surface area (Å²) in [6, 6.07) is 1.41. The molecule has 0 N–H and O–H groups in total. The molecule has 1 saturated heterocycles. The van der Waals surface area contributed by atoms with E-state index in [0.717, 1.165) is 19.1 Å². The number of carbonyl (C=O) groups is 1. The third-order valence-corrected chi connectivity index (χ3v) is 5.86. The van der Waals surface area contributed by atoms with Gasteiger partial charge in [0.1, 0.15) is 0 Å². The Balaban J connectivity index is 2.56. The molecule has 1 unspecified atom stereocenters. The molecule has 1 aliphatic heterocycles. The largest absolute Gasteiger partial charge is 0.335 e. The second-order valence-electron chi connectivity index (χ2n) is 8.28. The van der Waals surface area contributed by atoms with Crippen LogP contribution in [0.15, 0.2) is 0 Å². The number of hydrogen-bond donors (Lipinski definition) is 0. The summed E-state index contributed by atoms with van der Waals surface area (Å²) in [5, 5.41) is 0. The van der Waals surface area contributed by atoms with E-state index in [1.54, 1.807) is 6.92 Å². The van der Waals surface area contributed by atoms with E-state index in [0.29, 0.717) is 12.1 Å². The minimum Gasteiger partial charge on any atom is -0.335 e. The van der Waals surface area contributed by atoms with Crippen molar-refractivity contribution in [2.75, 3.05) is 13.1 Å². The lowest BCUT2D eigenvalue weighted by molar-refractivity contribution is -0.137. The predicted octanol–water partition coefficient (Wildman–Crippen LogP) is 5.63. The second kappa shape index (κ2) is 12.7. The molecule has 148 valence electrons. The highest BCUT2D eigenvalue weighted by Gasteiger charge is 2.33. The predicted molar refractivity (Wildman–Crippen MR) is 109 cm³/mol. The topological polar surface area (TPSA) is 23.6 Å². The van der Waals surface area contributed by atoms with Crippen molar-refractivity contribution in [2.45, 2.75) is 123 Å². The maximum atomic E-state index is 11.9. The average Bonchev–Trinajstić information content (AvgIpc) is 2.55. The third-order valence-electron chi connectivity index (χ3n) is 5.86. The van der Waals surface area contributed by atoms with Gasteiger partial charge in [0.15, 0.2) is 0 Å². The molecule has 3 atom stereocenters. The quantitative estimate of drug-likeness (QED) is 0.425. The molecule has 0 bridgehead atoms. The molecule has 0 aliphatic carbocycles. The van der Waals surface area contributed by atoms with Gasteiger partial charge < -0.3 is 4.90 Å². The maximum Gasteiger partial charge on any atom is 0.220 e. The van der Waals surface area contributed by atoms with Gasteiger partial charge in [-0.3, -0.25) is 9.69 Å². The third kappa shape index (κ3) is 8.11. The number of hydrogen-bond acceptors (Lipinski definition) is 2. The highest BCUT2D eigenvalue weighted by molar-refractivity contribution is 5.74. The normalized spacial score (nSPS) is 23.0. The summed E-state index contributed by atoms with van der Waals surface area (Å²) in [6.07, 6.45) is 15.0. The van der Waals surface area contributed by atoms with Crippen LogP contribution in [0.5, 0.6) is 0 Å². The van der Waals surface area contributed by atoms with E-state index in [1.165, 1.54) is 70.6 Å². The Morgan fingerprint density at radius 2 is 1.28 bits per heavy atom. The van der Waals surface area contributed by atoms with Gasteiger partial charge in [0.25, 0.3) is 0 Å². The SMILES string of the molecule is CCCCCCCC(CCCCCC)N1C[C@@H](C)N(C(C)=O)[C@@H](C)C1. The summed E-state index contributed by atoms with van der Waals surface area (Å²) in [4.78, 5) is 16.7. The molecule has 1 rings (SSSR count). The zero-order valence-electron chi connectivity index (χ0n) is 17.7. The Kier molecular flexibility index (Phi) is 11.4. The Hall–Kier alpha value is -0.570. The number of rotatable bonds is 12. The highest BCUT2D eigenvalue weighted by atomic mass is 16.2. The van der Waals surface area contributed by atoms with Gasteiger partial charge in [0.05, 0.1) is 0 Å². The minimum atomic E-state index is 0.235. The van der Waals surface area contributed by atoms with Crippen LogP contribution in [0.25, 0.3) is 0 Å². The van der Waals surface area contributed by atoms with Crippen LogP contribution in [-0.2, 0) is 4.79 Å². The van der Waals surface area contributed by atoms with Gasteiger partial charge in [0.2, 0.25) is 5.91 Å². The lowest BCUT2D eigenvalue weighted by Crippen LogP contribution is -2.60. The molecule has 0 aromatic heterocycles. The second-order valence-corrected chi connectivity index (χ2v) is 8.28. The van der Waals surface area contributed by atoms with Crippen LogP contribution >= 0.6 is 0 Å². The first-order valence-corrected chi connectivity index (χ1v) is 11.0. The molecule has 0 aromatic carbocycles. The van der Waals surface area contributed by atoms with Gasteiger partial charge in [-0.05, 0) is 26.7 Å². The molecule has 25 heavy (non-hydrogen) atoms. The molecule has 3 nitrogen and oxygen atoms in total. The van der Waals surface area contributed by atoms with E-state index >= 15 is 0 Å². The number of unbranched alkanes of at least 4 members (excludes halogenated alkanes) is 7. The number of carbonyl (C=O) groups excluding carboxylic acids is 1. The van der Waals surface area contributed by atoms with Crippen molar-refractivity contribution in [1.82, 2.24) is 9.80 Å². The Bertz CT molecular complexity index is 346. The molecule has 0 spiro atoms. The van der Waals surface area contributed by atoms with E-state index < -0.39 is 0 Å². The van der Waals surface area contributed by atoms with Crippen LogP contribution in [-0.4, -0.2) is 46.9 Å². The lowest BCUT2D eigenvalue weighted by atomic mass is 9.96. The van der Waals surface area contributed by atoms with Gasteiger partial charge in [-0.25, -0.2) is 0 Å². The molecular weight excluding hydrogens is 308 g/mol. The van der Waals surface area contributed by atoms with Crippen LogP contribution in [0.3, 0.4) is 0 Å². The number of nitrogens with zero attached hydrogens (tertiary/aromatic N) is 2. The summed E-state index contributed by atoms with van der Waals surface area (Å²) < 4.78 is 0. The zero-order chi connectivity index (χ0) is 18.7. The van der Waals surface area contributed by atoms with Crippen LogP contribution < -0.4 is 0 Å². The van der Waals surface area contributed by atoms with Crippen molar-refractivity contribution < 1.29 is 4.79 Å². The fourth-order valence-corrected chi connectivity index (χ4v) is 4.58. The standard InChI is InChI=1S/C22H44N2O/c1-6-8-10-12-14-16-22(15-13-11-9-7-2)23-17-19(3)24(21(5)25)20(4)18-23/h19-20,22H,6-18H2,1-5H3/t19-,20+,22?. The van der Waals surface area contributed by atoms with Crippen LogP contribution in [0, 0.1) is 0 Å². The van der Waals surface area contributed by atoms with Crippen molar-refractivity contribution >= 4 is 5.91 Å². The smallest absolute Gasteiger partial charge is 0.220 e.